The minimum absolute atomic E-state index is 0.00824. The first-order valence-electron chi connectivity index (χ1n) is 16.0. The molecule has 0 spiro atoms. The number of benzene rings is 7. The summed E-state index contributed by atoms with van der Waals surface area (Å²) in [6.07, 6.45) is 4.14. The third kappa shape index (κ3) is 4.13. The summed E-state index contributed by atoms with van der Waals surface area (Å²) in [7, 11) is 0. The van der Waals surface area contributed by atoms with Crippen LogP contribution in [0.1, 0.15) is 35.9 Å². The van der Waals surface area contributed by atoms with E-state index in [2.05, 4.69) is 143 Å². The van der Waals surface area contributed by atoms with Gasteiger partial charge in [-0.1, -0.05) is 109 Å². The van der Waals surface area contributed by atoms with Crippen LogP contribution in [0.15, 0.2) is 133 Å². The highest BCUT2D eigenvalue weighted by atomic mass is 15.5. The summed E-state index contributed by atoms with van der Waals surface area (Å²) in [6.45, 7) is 2.01. The Morgan fingerprint density at radius 3 is 1.91 bits per heavy atom. The van der Waals surface area contributed by atoms with Crippen molar-refractivity contribution in [3.8, 4) is 0 Å². The number of hydrogen-bond donors (Lipinski definition) is 5. The second kappa shape index (κ2) is 10.6. The molecule has 0 aliphatic carbocycles. The number of allylic oxidation sites excluding steroid dienone is 1. The van der Waals surface area contributed by atoms with Crippen molar-refractivity contribution in [3.63, 3.8) is 0 Å². The molecule has 46 heavy (non-hydrogen) atoms. The van der Waals surface area contributed by atoms with Gasteiger partial charge in [0.25, 0.3) is 12.3 Å². The maximum atomic E-state index is 6.39. The predicted octanol–water partition coefficient (Wildman–Crippen LogP) is 5.84. The molecule has 0 aromatic heterocycles. The lowest BCUT2D eigenvalue weighted by atomic mass is 9.91. The van der Waals surface area contributed by atoms with Crippen LogP contribution in [0.4, 0.5) is 11.4 Å². The molecule has 1 fully saturated rings. The average molecular weight is 598 g/mol. The number of nitrogen functional groups attached to an aromatic ring is 1. The fraction of sp³-hybridized carbons (Fsp3) is 0.0976. The summed E-state index contributed by atoms with van der Waals surface area (Å²) in [4.78, 5) is 5.12. The first kappa shape index (κ1) is 26.9. The molecule has 4 unspecified atom stereocenters. The van der Waals surface area contributed by atoms with Crippen LogP contribution in [0.3, 0.4) is 0 Å². The van der Waals surface area contributed by atoms with E-state index >= 15 is 0 Å². The first-order valence-corrected chi connectivity index (χ1v) is 16.0. The lowest BCUT2D eigenvalue weighted by Crippen LogP contribution is -3.27. The summed E-state index contributed by atoms with van der Waals surface area (Å²) >= 11 is 0. The maximum absolute atomic E-state index is 6.39. The van der Waals surface area contributed by atoms with Gasteiger partial charge in [0.05, 0.1) is 0 Å². The fourth-order valence-corrected chi connectivity index (χ4v) is 7.59. The third-order valence-corrected chi connectivity index (χ3v) is 9.82. The van der Waals surface area contributed by atoms with Crippen LogP contribution in [-0.4, -0.2) is 12.0 Å². The van der Waals surface area contributed by atoms with Crippen LogP contribution >= 0.6 is 0 Å². The first-order chi connectivity index (χ1) is 22.7. The Morgan fingerprint density at radius 1 is 0.652 bits per heavy atom. The smallest absolute Gasteiger partial charge is 0.326 e. The molecule has 7 aromatic rings. The summed E-state index contributed by atoms with van der Waals surface area (Å²) < 4.78 is 0. The largest absolute Gasteiger partial charge is 0.398 e. The number of quaternary nitrogens is 1. The molecule has 0 radical (unpaired) electrons. The Kier molecular flexibility index (Phi) is 6.17. The van der Waals surface area contributed by atoms with E-state index in [4.69, 9.17) is 5.73 Å². The lowest BCUT2D eigenvalue weighted by molar-refractivity contribution is -0.944. The van der Waals surface area contributed by atoms with E-state index in [1.54, 1.807) is 0 Å². The molecule has 2 aliphatic rings. The monoisotopic (exact) mass is 597 g/mol. The number of nitrogens with one attached hydrogen (secondary N) is 4. The Labute approximate surface area is 267 Å². The Balaban J connectivity index is 1.19. The van der Waals surface area contributed by atoms with Crippen molar-refractivity contribution in [1.29, 1.82) is 0 Å². The second-order valence-electron chi connectivity index (χ2n) is 12.4. The minimum Gasteiger partial charge on any atom is -0.398 e. The molecule has 4 atom stereocenters. The number of amidine groups is 1. The van der Waals surface area contributed by atoms with Crippen LogP contribution in [0.2, 0.25) is 0 Å². The normalized spacial score (nSPS) is 20.9. The van der Waals surface area contributed by atoms with Gasteiger partial charge < -0.3 is 5.73 Å². The molecule has 0 saturated carbocycles. The number of nitrogens with two attached hydrogens (primary N) is 1. The van der Waals surface area contributed by atoms with Gasteiger partial charge in [0.15, 0.2) is 6.17 Å². The topological polar surface area (TPSA) is 68.5 Å². The number of rotatable bonds is 5. The highest BCUT2D eigenvalue weighted by Gasteiger charge is 2.55. The molecular formula is C41H35N5+2. The third-order valence-electron chi connectivity index (χ3n) is 9.82. The molecule has 2 aliphatic heterocycles. The van der Waals surface area contributed by atoms with Gasteiger partial charge in [-0.15, -0.1) is 0 Å². The minimum atomic E-state index is 0.00824. The van der Waals surface area contributed by atoms with E-state index < -0.39 is 0 Å². The number of anilines is 1. The van der Waals surface area contributed by atoms with Gasteiger partial charge in [-0.3, -0.25) is 4.90 Å². The zero-order valence-corrected chi connectivity index (χ0v) is 25.6. The van der Waals surface area contributed by atoms with Crippen LogP contribution in [-0.2, 0) is 0 Å². The molecule has 1 saturated heterocycles. The molecule has 0 amide bonds. The van der Waals surface area contributed by atoms with Crippen LogP contribution in [0.25, 0.3) is 49.2 Å². The highest BCUT2D eigenvalue weighted by Crippen LogP contribution is 2.36. The zero-order valence-electron chi connectivity index (χ0n) is 25.6. The Bertz CT molecular complexity index is 2390. The van der Waals surface area contributed by atoms with Crippen molar-refractivity contribution in [2.45, 2.75) is 25.4 Å². The Hall–Kier alpha value is -5.49. The quantitative estimate of drug-likeness (QED) is 0.128. The SMILES string of the molecule is C/C=C\c1ccc(C2NC(C3NC(c4cc5ccccc5c5ccccc45)[NH+]3c3cc4ccccc4c4ccccc34)=[NH+]2)cc1N. The molecular weight excluding hydrogens is 562 g/mol. The molecule has 0 bridgehead atoms. The van der Waals surface area contributed by atoms with Gasteiger partial charge in [-0.2, -0.15) is 0 Å². The molecule has 6 N–H and O–H groups in total. The summed E-state index contributed by atoms with van der Waals surface area (Å²) in [5.74, 6) is 1.09. The van der Waals surface area contributed by atoms with Gasteiger partial charge in [-0.05, 0) is 74.5 Å². The number of hydrogen-bond acceptors (Lipinski definition) is 3. The maximum Gasteiger partial charge on any atom is 0.326 e. The Morgan fingerprint density at radius 2 is 1.24 bits per heavy atom. The zero-order chi connectivity index (χ0) is 30.8. The van der Waals surface area contributed by atoms with Crippen molar-refractivity contribution < 1.29 is 9.89 Å². The van der Waals surface area contributed by atoms with E-state index in [1.807, 2.05) is 19.1 Å². The molecule has 7 aromatic carbocycles. The highest BCUT2D eigenvalue weighted by molar-refractivity contribution is 6.12. The lowest BCUT2D eigenvalue weighted by Gasteiger charge is -2.46. The van der Waals surface area contributed by atoms with Gasteiger partial charge in [0, 0.05) is 28.3 Å². The van der Waals surface area contributed by atoms with E-state index in [1.165, 1.54) is 59.2 Å². The summed E-state index contributed by atoms with van der Waals surface area (Å²) in [5, 5.41) is 18.0. The van der Waals surface area contributed by atoms with E-state index in [0.29, 0.717) is 0 Å². The predicted molar refractivity (Wildman–Crippen MR) is 191 cm³/mol. The molecule has 2 heterocycles. The average Bonchev–Trinajstić information content (AvgIpc) is 3.06. The molecule has 9 rings (SSSR count). The van der Waals surface area contributed by atoms with Crippen molar-refractivity contribution in [2.24, 2.45) is 0 Å². The van der Waals surface area contributed by atoms with Crippen molar-refractivity contribution >= 4 is 66.4 Å². The summed E-state index contributed by atoms with van der Waals surface area (Å²) in [5.41, 5.74) is 11.9. The number of fused-ring (bicyclic) bond motifs is 6. The van der Waals surface area contributed by atoms with Gasteiger partial charge in [0.2, 0.25) is 0 Å². The van der Waals surface area contributed by atoms with E-state index in [-0.39, 0.29) is 18.5 Å². The van der Waals surface area contributed by atoms with Crippen LogP contribution in [0, 0.1) is 0 Å². The fourth-order valence-electron chi connectivity index (χ4n) is 7.59. The van der Waals surface area contributed by atoms with Gasteiger partial charge >= 0.3 is 5.84 Å². The van der Waals surface area contributed by atoms with E-state index in [9.17, 15) is 0 Å². The van der Waals surface area contributed by atoms with Crippen molar-refractivity contribution in [2.75, 3.05) is 5.73 Å². The van der Waals surface area contributed by atoms with Gasteiger partial charge in [-0.25, -0.2) is 15.6 Å². The standard InChI is InChI=1S/C41H33N5/c1-2-11-25-20-21-28(23-36(25)42)38-43-39(44-38)41-45-40(35-22-26-12-3-5-14-29(26)31-16-7-8-18-33(31)35)46(41)37-24-27-13-4-6-15-30(27)32-17-9-10-19-34(32)37/h2-24,38,40-41,45H,42H2,1H3,(H,43,44)/p+2/b11-2-. The second-order valence-corrected chi connectivity index (χ2v) is 12.4. The van der Waals surface area contributed by atoms with E-state index in [0.717, 1.165) is 22.6 Å². The molecule has 5 heteroatoms. The van der Waals surface area contributed by atoms with Gasteiger partial charge in [0.1, 0.15) is 5.69 Å². The molecule has 5 nitrogen and oxygen atoms in total. The van der Waals surface area contributed by atoms with Crippen molar-refractivity contribution in [1.82, 2.24) is 10.6 Å². The summed E-state index contributed by atoms with van der Waals surface area (Å²) in [6, 6.07) is 46.2. The van der Waals surface area contributed by atoms with Crippen LogP contribution in [0.5, 0.6) is 0 Å². The van der Waals surface area contributed by atoms with Crippen LogP contribution < -0.4 is 26.3 Å². The van der Waals surface area contributed by atoms with Crippen molar-refractivity contribution in [3.05, 3.63) is 150 Å². The molecule has 222 valence electrons.